The molecule has 2 aromatic carbocycles. The summed E-state index contributed by atoms with van der Waals surface area (Å²) in [5.74, 6) is 3.18. The standard InChI is InChI=1S/C45H57FN2O4/c1-44-21-19-32(49)24-30(44)15-16-33-36-17-18-40(45(36,2)22-20-37(33)44)52-23-6-4-3-5-10-41(51)47-27-28-11-13-29(14-12-28)43-34-8-7-9-39(50)35-25-31(46)26-38(48-43)42(34)35/h11-14,25-26,30,33,36-37,40,48H,3-10,15-24,27H2,1-2H3,(H,47,51)/t30-,33-,36-,37-,40?,44-,45-/m0/s1. The van der Waals surface area contributed by atoms with Crippen molar-refractivity contribution in [1.29, 1.82) is 0 Å². The highest BCUT2D eigenvalue weighted by Gasteiger charge is 2.60. The Hall–Kier alpha value is -3.32. The minimum atomic E-state index is -0.394. The summed E-state index contributed by atoms with van der Waals surface area (Å²) in [4.78, 5) is 40.9. The number of hydrogen-bond donors (Lipinski definition) is 2. The number of carbonyl (C=O) groups is 3. The summed E-state index contributed by atoms with van der Waals surface area (Å²) >= 11 is 0. The Morgan fingerprint density at radius 3 is 2.56 bits per heavy atom. The van der Waals surface area contributed by atoms with Crippen LogP contribution < -0.4 is 5.32 Å². The maximum Gasteiger partial charge on any atom is 0.220 e. The van der Waals surface area contributed by atoms with Gasteiger partial charge in [0, 0.05) is 61.0 Å². The van der Waals surface area contributed by atoms with E-state index < -0.39 is 5.82 Å². The molecule has 1 heterocycles. The fraction of sp³-hybridized carbons (Fsp3) is 0.622. The number of aryl methyl sites for hydroxylation is 1. The van der Waals surface area contributed by atoms with Crippen LogP contribution in [0.3, 0.4) is 0 Å². The number of halogens is 1. The van der Waals surface area contributed by atoms with Gasteiger partial charge < -0.3 is 15.0 Å². The molecule has 7 atom stereocenters. The summed E-state index contributed by atoms with van der Waals surface area (Å²) in [6, 6.07) is 11.0. The van der Waals surface area contributed by atoms with Crippen LogP contribution in [-0.4, -0.2) is 35.2 Å². The van der Waals surface area contributed by atoms with Gasteiger partial charge in [-0.25, -0.2) is 4.39 Å². The lowest BCUT2D eigenvalue weighted by Gasteiger charge is -2.60. The first-order valence-electron chi connectivity index (χ1n) is 20.5. The number of carbonyl (C=O) groups excluding carboxylic acids is 3. The average molecular weight is 709 g/mol. The summed E-state index contributed by atoms with van der Waals surface area (Å²) in [5.41, 5.74) is 5.87. The topological polar surface area (TPSA) is 88.3 Å². The molecule has 0 aliphatic heterocycles. The molecule has 1 amide bonds. The highest BCUT2D eigenvalue weighted by Crippen LogP contribution is 2.66. The number of unbranched alkanes of at least 4 members (excludes halogenated alkanes) is 3. The minimum Gasteiger partial charge on any atom is -0.378 e. The van der Waals surface area contributed by atoms with Crippen molar-refractivity contribution in [3.63, 3.8) is 0 Å². The minimum absolute atomic E-state index is 0.00529. The Kier molecular flexibility index (Phi) is 9.95. The fourth-order valence-electron chi connectivity index (χ4n) is 12.0. The Balaban J connectivity index is 0.748. The molecular weight excluding hydrogens is 652 g/mol. The highest BCUT2D eigenvalue weighted by molar-refractivity contribution is 6.11. The van der Waals surface area contributed by atoms with Crippen molar-refractivity contribution in [3.8, 4) is 11.3 Å². The van der Waals surface area contributed by atoms with Crippen LogP contribution >= 0.6 is 0 Å². The zero-order chi connectivity index (χ0) is 36.0. The van der Waals surface area contributed by atoms with Gasteiger partial charge in [0.2, 0.25) is 5.91 Å². The van der Waals surface area contributed by atoms with Crippen LogP contribution in [0.4, 0.5) is 4.39 Å². The van der Waals surface area contributed by atoms with Gasteiger partial charge in [0.1, 0.15) is 11.6 Å². The van der Waals surface area contributed by atoms with E-state index in [1.54, 1.807) is 0 Å². The highest BCUT2D eigenvalue weighted by atomic mass is 19.1. The Labute approximate surface area is 308 Å². The van der Waals surface area contributed by atoms with E-state index in [0.717, 1.165) is 110 Å². The van der Waals surface area contributed by atoms with E-state index in [0.29, 0.717) is 59.1 Å². The number of Topliss-reactive ketones (excluding diaryl/α,β-unsaturated/α-hetero) is 2. The van der Waals surface area contributed by atoms with Crippen molar-refractivity contribution in [1.82, 2.24) is 10.3 Å². The Bertz CT molecular complexity index is 1830. The Morgan fingerprint density at radius 2 is 1.71 bits per heavy atom. The molecule has 5 aliphatic carbocycles. The molecule has 4 fully saturated rings. The van der Waals surface area contributed by atoms with Crippen molar-refractivity contribution in [2.75, 3.05) is 6.61 Å². The van der Waals surface area contributed by atoms with E-state index in [1.807, 2.05) is 24.3 Å². The number of ketones is 2. The summed E-state index contributed by atoms with van der Waals surface area (Å²) in [7, 11) is 0. The van der Waals surface area contributed by atoms with Crippen molar-refractivity contribution in [2.45, 2.75) is 136 Å². The van der Waals surface area contributed by atoms with E-state index in [-0.39, 0.29) is 11.7 Å². The molecule has 0 saturated heterocycles. The molecule has 7 heteroatoms. The van der Waals surface area contributed by atoms with Gasteiger partial charge in [-0.2, -0.15) is 0 Å². The first kappa shape index (κ1) is 35.7. The molecule has 0 bridgehead atoms. The molecule has 2 N–H and O–H groups in total. The van der Waals surface area contributed by atoms with Gasteiger partial charge in [0.25, 0.3) is 0 Å². The van der Waals surface area contributed by atoms with Gasteiger partial charge in [-0.1, -0.05) is 51.0 Å². The second kappa shape index (κ2) is 14.5. The number of amides is 1. The van der Waals surface area contributed by atoms with E-state index in [4.69, 9.17) is 4.74 Å². The second-order valence-corrected chi connectivity index (χ2v) is 17.7. The predicted molar refractivity (Wildman–Crippen MR) is 202 cm³/mol. The lowest BCUT2D eigenvalue weighted by molar-refractivity contribution is -0.145. The number of H-pyrrole nitrogens is 1. The van der Waals surface area contributed by atoms with Crippen LogP contribution in [-0.2, 0) is 27.3 Å². The molecule has 1 unspecified atom stereocenters. The van der Waals surface area contributed by atoms with Gasteiger partial charge in [0.05, 0.1) is 6.10 Å². The lowest BCUT2D eigenvalue weighted by Crippen LogP contribution is -2.54. The van der Waals surface area contributed by atoms with Gasteiger partial charge >= 0.3 is 0 Å². The fourth-order valence-corrected chi connectivity index (χ4v) is 12.0. The van der Waals surface area contributed by atoms with E-state index in [1.165, 1.54) is 50.7 Å². The smallest absolute Gasteiger partial charge is 0.220 e. The van der Waals surface area contributed by atoms with Gasteiger partial charge in [0.15, 0.2) is 5.78 Å². The molecule has 6 nitrogen and oxygen atoms in total. The van der Waals surface area contributed by atoms with Crippen LogP contribution in [0.2, 0.25) is 0 Å². The third kappa shape index (κ3) is 6.58. The summed E-state index contributed by atoms with van der Waals surface area (Å²) in [6.07, 6.45) is 17.3. The molecule has 278 valence electrons. The van der Waals surface area contributed by atoms with Crippen LogP contribution in [0, 0.1) is 40.3 Å². The van der Waals surface area contributed by atoms with Crippen molar-refractivity contribution in [2.24, 2.45) is 34.5 Å². The average Bonchev–Trinajstić information content (AvgIpc) is 3.61. The molecule has 5 aliphatic rings. The van der Waals surface area contributed by atoms with Crippen LogP contribution in [0.25, 0.3) is 22.2 Å². The molecular formula is C45H57FN2O4. The number of benzene rings is 2. The van der Waals surface area contributed by atoms with E-state index in [2.05, 4.69) is 24.1 Å². The first-order chi connectivity index (χ1) is 25.1. The summed E-state index contributed by atoms with van der Waals surface area (Å²) < 4.78 is 20.9. The number of rotatable bonds is 11. The molecule has 3 aromatic rings. The first-order valence-corrected chi connectivity index (χ1v) is 20.5. The maximum absolute atomic E-state index is 14.3. The third-order valence-electron chi connectivity index (χ3n) is 14.8. The summed E-state index contributed by atoms with van der Waals surface area (Å²) in [6.45, 7) is 6.37. The van der Waals surface area contributed by atoms with Gasteiger partial charge in [-0.05, 0) is 134 Å². The van der Waals surface area contributed by atoms with Crippen LogP contribution in [0.15, 0.2) is 36.4 Å². The SMILES string of the molecule is C[C@]12CCC(=O)C[C@@H]1CC[C@@H]1[C@@H]2CC[C@]2(C)C(OCCCCCCC(=O)NCc3ccc(-c4[nH]c5cc(F)cc6c5c4CCCC6=O)cc3)CC[C@@H]12. The van der Waals surface area contributed by atoms with Crippen molar-refractivity contribution >= 4 is 28.4 Å². The lowest BCUT2D eigenvalue weighted by atomic mass is 9.45. The molecule has 0 spiro atoms. The molecule has 1 aromatic heterocycles. The number of ether oxygens (including phenoxy) is 1. The van der Waals surface area contributed by atoms with Crippen molar-refractivity contribution in [3.05, 3.63) is 58.9 Å². The third-order valence-corrected chi connectivity index (χ3v) is 14.8. The zero-order valence-electron chi connectivity index (χ0n) is 31.3. The normalized spacial score (nSPS) is 31.2. The second-order valence-electron chi connectivity index (χ2n) is 17.7. The Morgan fingerprint density at radius 1 is 0.904 bits per heavy atom. The molecule has 8 rings (SSSR count). The number of nitrogens with one attached hydrogen (secondary N) is 2. The number of aromatic amines is 1. The van der Waals surface area contributed by atoms with E-state index in [9.17, 15) is 18.8 Å². The maximum atomic E-state index is 14.3. The number of fused-ring (bicyclic) bond motifs is 5. The van der Waals surface area contributed by atoms with Crippen LogP contribution in [0.1, 0.15) is 138 Å². The summed E-state index contributed by atoms with van der Waals surface area (Å²) in [5, 5.41) is 3.94. The zero-order valence-corrected chi connectivity index (χ0v) is 31.3. The monoisotopic (exact) mass is 708 g/mol. The van der Waals surface area contributed by atoms with Gasteiger partial charge in [-0.3, -0.25) is 14.4 Å². The number of aromatic nitrogens is 1. The molecule has 4 saturated carbocycles. The quantitative estimate of drug-likeness (QED) is 0.194. The molecule has 0 radical (unpaired) electrons. The van der Waals surface area contributed by atoms with Gasteiger partial charge in [-0.15, -0.1) is 0 Å². The van der Waals surface area contributed by atoms with Crippen LogP contribution in [0.5, 0.6) is 0 Å². The van der Waals surface area contributed by atoms with Crippen molar-refractivity contribution < 1.29 is 23.5 Å². The number of hydrogen-bond acceptors (Lipinski definition) is 4. The van der Waals surface area contributed by atoms with E-state index >= 15 is 0 Å². The predicted octanol–water partition coefficient (Wildman–Crippen LogP) is 10.1. The molecule has 52 heavy (non-hydrogen) atoms. The largest absolute Gasteiger partial charge is 0.378 e.